The van der Waals surface area contributed by atoms with Crippen molar-refractivity contribution in [2.24, 2.45) is 4.99 Å². The molecule has 6 heteroatoms. The van der Waals surface area contributed by atoms with Gasteiger partial charge in [0.15, 0.2) is 5.96 Å². The summed E-state index contributed by atoms with van der Waals surface area (Å²) in [7, 11) is 1.76. The summed E-state index contributed by atoms with van der Waals surface area (Å²) in [5.74, 6) is 0.364. The zero-order valence-corrected chi connectivity index (χ0v) is 17.2. The molecule has 1 aliphatic rings. The number of aliphatic hydroxyl groups excluding tert-OH is 1. The number of nitrogens with one attached hydrogen (secondary N) is 2. The second-order valence-electron chi connectivity index (χ2n) is 7.68. The summed E-state index contributed by atoms with van der Waals surface area (Å²) < 4.78 is 13.5. The van der Waals surface area contributed by atoms with E-state index < -0.39 is 0 Å². The van der Waals surface area contributed by atoms with Crippen molar-refractivity contribution in [1.29, 1.82) is 0 Å². The molecular weight excluding hydrogens is 367 g/mol. The number of likely N-dealkylation sites (tertiary alicyclic amines) is 1. The molecule has 1 heterocycles. The summed E-state index contributed by atoms with van der Waals surface area (Å²) in [5, 5.41) is 16.0. The number of aliphatic imine (C=N–C) groups is 1. The Bertz CT molecular complexity index is 812. The first kappa shape index (κ1) is 21.3. The third-order valence-electron chi connectivity index (χ3n) is 5.55. The van der Waals surface area contributed by atoms with Gasteiger partial charge in [0, 0.05) is 44.3 Å². The Kier molecular flexibility index (Phi) is 7.61. The van der Waals surface area contributed by atoms with Gasteiger partial charge in [-0.2, -0.15) is 0 Å². The number of rotatable bonds is 6. The van der Waals surface area contributed by atoms with Crippen LogP contribution in [-0.2, 0) is 19.7 Å². The Morgan fingerprint density at radius 2 is 2.00 bits per heavy atom. The molecule has 0 radical (unpaired) electrons. The van der Waals surface area contributed by atoms with Crippen molar-refractivity contribution in [3.8, 4) is 0 Å². The van der Waals surface area contributed by atoms with E-state index in [1.807, 2.05) is 0 Å². The summed E-state index contributed by atoms with van der Waals surface area (Å²) in [4.78, 5) is 6.85. The number of hydrogen-bond acceptors (Lipinski definition) is 3. The lowest BCUT2D eigenvalue weighted by Gasteiger charge is -2.38. The highest BCUT2D eigenvalue weighted by molar-refractivity contribution is 5.80. The zero-order chi connectivity index (χ0) is 20.6. The molecule has 1 aliphatic heterocycles. The molecule has 29 heavy (non-hydrogen) atoms. The standard InChI is InChI=1S/C23H31FN4O/c1-17-12-21(10-11-28(17)15-18-6-4-3-5-7-18)27-23(25-2)26-14-19-8-9-22(24)20(13-19)16-29/h3-9,13,17,21,29H,10-12,14-16H2,1-2H3,(H2,25,26,27). The van der Waals surface area contributed by atoms with Gasteiger partial charge in [-0.3, -0.25) is 9.89 Å². The van der Waals surface area contributed by atoms with Gasteiger partial charge in [0.2, 0.25) is 0 Å². The van der Waals surface area contributed by atoms with Gasteiger partial charge in [-0.15, -0.1) is 0 Å². The van der Waals surface area contributed by atoms with Gasteiger partial charge >= 0.3 is 0 Å². The summed E-state index contributed by atoms with van der Waals surface area (Å²) in [6.07, 6.45) is 2.11. The van der Waals surface area contributed by atoms with Crippen LogP contribution in [0.15, 0.2) is 53.5 Å². The number of guanidine groups is 1. The van der Waals surface area contributed by atoms with Crippen molar-refractivity contribution in [3.63, 3.8) is 0 Å². The summed E-state index contributed by atoms with van der Waals surface area (Å²) >= 11 is 0. The minimum absolute atomic E-state index is 0.300. The van der Waals surface area contributed by atoms with E-state index in [0.29, 0.717) is 24.2 Å². The van der Waals surface area contributed by atoms with Crippen LogP contribution in [0, 0.1) is 5.82 Å². The molecule has 2 aromatic rings. The predicted molar refractivity (Wildman–Crippen MR) is 115 cm³/mol. The maximum atomic E-state index is 13.5. The van der Waals surface area contributed by atoms with Gasteiger partial charge in [0.25, 0.3) is 0 Å². The first-order valence-corrected chi connectivity index (χ1v) is 10.2. The molecule has 0 amide bonds. The van der Waals surface area contributed by atoms with Crippen molar-refractivity contribution in [1.82, 2.24) is 15.5 Å². The lowest BCUT2D eigenvalue weighted by atomic mass is 9.97. The van der Waals surface area contributed by atoms with E-state index in [2.05, 4.69) is 57.8 Å². The molecule has 3 rings (SSSR count). The van der Waals surface area contributed by atoms with Gasteiger partial charge in [0.1, 0.15) is 5.82 Å². The van der Waals surface area contributed by atoms with Crippen LogP contribution in [0.25, 0.3) is 0 Å². The molecule has 0 aromatic heterocycles. The number of benzene rings is 2. The molecule has 156 valence electrons. The molecule has 0 aliphatic carbocycles. The van der Waals surface area contributed by atoms with Crippen LogP contribution in [0.2, 0.25) is 0 Å². The summed E-state index contributed by atoms with van der Waals surface area (Å²) in [6.45, 7) is 4.53. The van der Waals surface area contributed by atoms with Crippen LogP contribution < -0.4 is 10.6 Å². The predicted octanol–water partition coefficient (Wildman–Crippen LogP) is 3.04. The quantitative estimate of drug-likeness (QED) is 0.517. The van der Waals surface area contributed by atoms with E-state index in [-0.39, 0.29) is 12.4 Å². The second kappa shape index (κ2) is 10.4. The van der Waals surface area contributed by atoms with E-state index >= 15 is 0 Å². The second-order valence-corrected chi connectivity index (χ2v) is 7.68. The fourth-order valence-corrected chi connectivity index (χ4v) is 3.84. The molecule has 0 spiro atoms. The smallest absolute Gasteiger partial charge is 0.191 e. The van der Waals surface area contributed by atoms with Crippen LogP contribution >= 0.6 is 0 Å². The molecule has 2 unspecified atom stereocenters. The Labute approximate surface area is 172 Å². The van der Waals surface area contributed by atoms with Gasteiger partial charge < -0.3 is 15.7 Å². The Balaban J connectivity index is 1.49. The van der Waals surface area contributed by atoms with Crippen molar-refractivity contribution in [3.05, 3.63) is 71.0 Å². The van der Waals surface area contributed by atoms with Crippen molar-refractivity contribution >= 4 is 5.96 Å². The van der Waals surface area contributed by atoms with Gasteiger partial charge in [0.05, 0.1) is 6.61 Å². The molecule has 5 nitrogen and oxygen atoms in total. The Morgan fingerprint density at radius 3 is 2.69 bits per heavy atom. The van der Waals surface area contributed by atoms with E-state index in [9.17, 15) is 9.50 Å². The molecule has 1 fully saturated rings. The highest BCUT2D eigenvalue weighted by Crippen LogP contribution is 2.20. The van der Waals surface area contributed by atoms with E-state index in [1.54, 1.807) is 19.2 Å². The van der Waals surface area contributed by atoms with Crippen LogP contribution in [0.3, 0.4) is 0 Å². The number of halogens is 1. The molecule has 2 aromatic carbocycles. The highest BCUT2D eigenvalue weighted by atomic mass is 19.1. The lowest BCUT2D eigenvalue weighted by Crippen LogP contribution is -2.51. The zero-order valence-electron chi connectivity index (χ0n) is 17.2. The monoisotopic (exact) mass is 398 g/mol. The minimum atomic E-state index is -0.380. The number of hydrogen-bond donors (Lipinski definition) is 3. The maximum Gasteiger partial charge on any atom is 0.191 e. The van der Waals surface area contributed by atoms with Crippen LogP contribution in [0.5, 0.6) is 0 Å². The number of aliphatic hydroxyl groups is 1. The van der Waals surface area contributed by atoms with Gasteiger partial charge in [-0.05, 0) is 43.0 Å². The molecule has 0 bridgehead atoms. The van der Waals surface area contributed by atoms with E-state index in [1.165, 1.54) is 11.6 Å². The summed E-state index contributed by atoms with van der Waals surface area (Å²) in [5.41, 5.74) is 2.57. The summed E-state index contributed by atoms with van der Waals surface area (Å²) in [6, 6.07) is 16.2. The molecular formula is C23H31FN4O. The van der Waals surface area contributed by atoms with E-state index in [0.717, 1.165) is 37.5 Å². The highest BCUT2D eigenvalue weighted by Gasteiger charge is 2.25. The Morgan fingerprint density at radius 1 is 1.21 bits per heavy atom. The third-order valence-corrected chi connectivity index (χ3v) is 5.55. The lowest BCUT2D eigenvalue weighted by molar-refractivity contribution is 0.134. The van der Waals surface area contributed by atoms with E-state index in [4.69, 9.17) is 0 Å². The molecule has 3 N–H and O–H groups in total. The van der Waals surface area contributed by atoms with Crippen molar-refractivity contribution in [2.75, 3.05) is 13.6 Å². The largest absolute Gasteiger partial charge is 0.392 e. The molecule has 0 saturated carbocycles. The third kappa shape index (κ3) is 6.02. The number of nitrogens with zero attached hydrogens (tertiary/aromatic N) is 2. The van der Waals surface area contributed by atoms with Crippen LogP contribution in [-0.4, -0.2) is 41.6 Å². The fraction of sp³-hybridized carbons (Fsp3) is 0.435. The topological polar surface area (TPSA) is 59.9 Å². The van der Waals surface area contributed by atoms with Gasteiger partial charge in [-0.1, -0.05) is 36.4 Å². The SMILES string of the molecule is CN=C(NCc1ccc(F)c(CO)c1)NC1CCN(Cc2ccccc2)C(C)C1. The minimum Gasteiger partial charge on any atom is -0.392 e. The molecule has 1 saturated heterocycles. The normalized spacial score (nSPS) is 20.5. The first-order valence-electron chi connectivity index (χ1n) is 10.2. The number of piperidine rings is 1. The Hall–Kier alpha value is -2.44. The first-order chi connectivity index (χ1) is 14.1. The van der Waals surface area contributed by atoms with Crippen LogP contribution in [0.1, 0.15) is 36.5 Å². The average Bonchev–Trinajstić information content (AvgIpc) is 2.74. The van der Waals surface area contributed by atoms with Crippen molar-refractivity contribution < 1.29 is 9.50 Å². The molecule has 2 atom stereocenters. The maximum absolute atomic E-state index is 13.5. The van der Waals surface area contributed by atoms with Crippen molar-refractivity contribution in [2.45, 2.75) is 51.5 Å². The van der Waals surface area contributed by atoms with Crippen LogP contribution in [0.4, 0.5) is 4.39 Å². The fourth-order valence-electron chi connectivity index (χ4n) is 3.84. The van der Waals surface area contributed by atoms with Gasteiger partial charge in [-0.25, -0.2) is 4.39 Å². The average molecular weight is 399 g/mol.